The Hall–Kier alpha value is -3.83. The van der Waals surface area contributed by atoms with Gasteiger partial charge in [-0.1, -0.05) is 6.08 Å². The lowest BCUT2D eigenvalue weighted by Gasteiger charge is -2.24. The second-order valence-corrected chi connectivity index (χ2v) is 5.73. The van der Waals surface area contributed by atoms with Crippen LogP contribution in [-0.4, -0.2) is 37.4 Å². The molecule has 1 aromatic rings. The quantitative estimate of drug-likeness (QED) is 0.399. The number of hydrogen-bond acceptors (Lipinski definition) is 8. The Balaban J connectivity index is 2.80. The number of rotatable bonds is 5. The van der Waals surface area contributed by atoms with Crippen LogP contribution in [0, 0.1) is 17.0 Å². The zero-order chi connectivity index (χ0) is 22.6. The van der Waals surface area contributed by atoms with Gasteiger partial charge in [0.25, 0.3) is 5.69 Å². The summed E-state index contributed by atoms with van der Waals surface area (Å²) in [7, 11) is 2.10. The summed E-state index contributed by atoms with van der Waals surface area (Å²) in [6.07, 6.45) is 0.123. The molecule has 0 fully saturated rings. The number of esters is 2. The van der Waals surface area contributed by atoms with Gasteiger partial charge in [0.1, 0.15) is 17.1 Å². The van der Waals surface area contributed by atoms with Gasteiger partial charge < -0.3 is 19.1 Å². The number of carbonyl (C=O) groups excluding carboxylic acids is 2. The van der Waals surface area contributed by atoms with Crippen LogP contribution in [0.4, 0.5) is 24.5 Å². The van der Waals surface area contributed by atoms with Crippen molar-refractivity contribution in [1.82, 2.24) is 0 Å². The van der Waals surface area contributed by atoms with E-state index in [-0.39, 0.29) is 16.8 Å². The van der Waals surface area contributed by atoms with E-state index in [0.29, 0.717) is 6.07 Å². The van der Waals surface area contributed by atoms with Crippen molar-refractivity contribution in [2.75, 3.05) is 19.1 Å². The lowest BCUT2D eigenvalue weighted by molar-refractivity contribution is -0.384. The molecule has 0 atom stereocenters. The number of ether oxygens (including phenoxy) is 3. The highest BCUT2D eigenvalue weighted by Gasteiger charge is 2.35. The molecule has 160 valence electrons. The van der Waals surface area contributed by atoms with E-state index in [1.54, 1.807) is 0 Å². The van der Waals surface area contributed by atoms with Crippen LogP contribution in [0.15, 0.2) is 47.8 Å². The summed E-state index contributed by atoms with van der Waals surface area (Å²) in [5.74, 6) is -2.78. The van der Waals surface area contributed by atoms with Gasteiger partial charge in [-0.3, -0.25) is 10.1 Å². The average Bonchev–Trinajstić information content (AvgIpc) is 2.87. The molecule has 1 aliphatic rings. The van der Waals surface area contributed by atoms with Crippen LogP contribution < -0.4 is 9.64 Å². The van der Waals surface area contributed by atoms with Gasteiger partial charge in [-0.25, -0.2) is 9.59 Å². The molecule has 0 radical (unpaired) electrons. The Bertz CT molecular complexity index is 981. The first-order valence-electron chi connectivity index (χ1n) is 8.10. The SMILES string of the molecule is COC(=O)C1=C(C(=O)OC)N(c2c(C)cc(OC(F)(F)F)cc2[N+](=O)[O-])C=CC=C1. The van der Waals surface area contributed by atoms with Crippen molar-refractivity contribution in [1.29, 1.82) is 0 Å². The number of methoxy groups -OCH3 is 2. The van der Waals surface area contributed by atoms with E-state index in [4.69, 9.17) is 4.74 Å². The van der Waals surface area contributed by atoms with Crippen LogP contribution >= 0.6 is 0 Å². The summed E-state index contributed by atoms with van der Waals surface area (Å²) in [4.78, 5) is 36.3. The van der Waals surface area contributed by atoms with E-state index in [1.165, 1.54) is 31.4 Å². The molecule has 0 aliphatic carbocycles. The maximum Gasteiger partial charge on any atom is 0.573 e. The minimum Gasteiger partial charge on any atom is -0.465 e. The first-order chi connectivity index (χ1) is 14.0. The summed E-state index contributed by atoms with van der Waals surface area (Å²) in [6.45, 7) is 1.28. The maximum atomic E-state index is 12.6. The molecule has 1 aliphatic heterocycles. The monoisotopic (exact) mass is 428 g/mol. The Morgan fingerprint density at radius 2 is 1.73 bits per heavy atom. The van der Waals surface area contributed by atoms with E-state index < -0.39 is 40.4 Å². The number of alkyl halides is 3. The second kappa shape index (κ2) is 8.68. The van der Waals surface area contributed by atoms with Crippen molar-refractivity contribution in [2.45, 2.75) is 13.3 Å². The molecule has 0 spiro atoms. The molecule has 0 amide bonds. The third kappa shape index (κ3) is 4.77. The smallest absolute Gasteiger partial charge is 0.465 e. The number of carbonyl (C=O) groups is 2. The van der Waals surface area contributed by atoms with Crippen molar-refractivity contribution < 1.29 is 41.9 Å². The normalized spacial score (nSPS) is 13.7. The van der Waals surface area contributed by atoms with E-state index >= 15 is 0 Å². The summed E-state index contributed by atoms with van der Waals surface area (Å²) in [6, 6.07) is 1.48. The maximum absolute atomic E-state index is 12.6. The Morgan fingerprint density at radius 1 is 1.10 bits per heavy atom. The van der Waals surface area contributed by atoms with Gasteiger partial charge in [0.15, 0.2) is 0 Å². The van der Waals surface area contributed by atoms with Crippen LogP contribution in [0.2, 0.25) is 0 Å². The van der Waals surface area contributed by atoms with Crippen molar-refractivity contribution in [3.63, 3.8) is 0 Å². The predicted molar refractivity (Wildman–Crippen MR) is 96.3 cm³/mol. The molecule has 0 saturated carbocycles. The van der Waals surface area contributed by atoms with Gasteiger partial charge in [0.05, 0.1) is 30.8 Å². The first-order valence-corrected chi connectivity index (χ1v) is 8.10. The highest BCUT2D eigenvalue weighted by atomic mass is 19.4. The second-order valence-electron chi connectivity index (χ2n) is 5.73. The number of nitrogens with zero attached hydrogens (tertiary/aromatic N) is 2. The largest absolute Gasteiger partial charge is 0.573 e. The van der Waals surface area contributed by atoms with Gasteiger partial charge in [-0.15, -0.1) is 13.2 Å². The summed E-state index contributed by atoms with van der Waals surface area (Å²) in [5, 5.41) is 11.6. The number of nitro groups is 1. The van der Waals surface area contributed by atoms with Crippen LogP contribution in [-0.2, 0) is 19.1 Å². The molecule has 0 bridgehead atoms. The van der Waals surface area contributed by atoms with Crippen molar-refractivity contribution >= 4 is 23.3 Å². The van der Waals surface area contributed by atoms with Gasteiger partial charge >= 0.3 is 18.3 Å². The van der Waals surface area contributed by atoms with Gasteiger partial charge in [0, 0.05) is 6.20 Å². The lowest BCUT2D eigenvalue weighted by Crippen LogP contribution is -2.28. The van der Waals surface area contributed by atoms with Gasteiger partial charge in [-0.2, -0.15) is 0 Å². The third-order valence-corrected chi connectivity index (χ3v) is 3.81. The Labute approximate surface area is 167 Å². The summed E-state index contributed by atoms with van der Waals surface area (Å²) >= 11 is 0. The van der Waals surface area contributed by atoms with E-state index in [1.807, 2.05) is 0 Å². The fourth-order valence-electron chi connectivity index (χ4n) is 2.71. The number of halogens is 3. The fraction of sp³-hybridized carbons (Fsp3) is 0.222. The Morgan fingerprint density at radius 3 is 2.27 bits per heavy atom. The third-order valence-electron chi connectivity index (χ3n) is 3.81. The molecular weight excluding hydrogens is 413 g/mol. The molecule has 2 rings (SSSR count). The molecular formula is C18H15F3N2O7. The number of nitro benzene ring substituents is 1. The number of benzene rings is 1. The predicted octanol–water partition coefficient (Wildman–Crippen LogP) is 3.29. The zero-order valence-electron chi connectivity index (χ0n) is 15.9. The van der Waals surface area contributed by atoms with Crippen LogP contribution in [0.5, 0.6) is 5.75 Å². The molecule has 0 N–H and O–H groups in total. The van der Waals surface area contributed by atoms with Gasteiger partial charge in [-0.05, 0) is 30.7 Å². The summed E-state index contributed by atoms with van der Waals surface area (Å²) in [5.41, 5.74) is -1.81. The van der Waals surface area contributed by atoms with E-state index in [0.717, 1.165) is 25.2 Å². The molecule has 1 aromatic carbocycles. The van der Waals surface area contributed by atoms with Crippen LogP contribution in [0.25, 0.3) is 0 Å². The lowest BCUT2D eigenvalue weighted by atomic mass is 10.1. The van der Waals surface area contributed by atoms with Crippen molar-refractivity contribution in [3.05, 3.63) is 63.5 Å². The van der Waals surface area contributed by atoms with Crippen LogP contribution in [0.3, 0.4) is 0 Å². The fourth-order valence-corrected chi connectivity index (χ4v) is 2.71. The zero-order valence-corrected chi connectivity index (χ0v) is 15.9. The Kier molecular flexibility index (Phi) is 6.49. The molecule has 12 heteroatoms. The average molecular weight is 428 g/mol. The number of aryl methyl sites for hydroxylation is 1. The highest BCUT2D eigenvalue weighted by molar-refractivity contribution is 6.06. The summed E-state index contributed by atoms with van der Waals surface area (Å²) < 4.78 is 50.8. The molecule has 30 heavy (non-hydrogen) atoms. The molecule has 9 nitrogen and oxygen atoms in total. The standard InChI is InChI=1S/C18H15F3N2O7/c1-10-8-11(30-18(19,20)21)9-13(23(26)27)14(10)22-7-5-4-6-12(16(24)28-2)15(22)17(25)29-3/h4-9H,1-3H3. The topological polar surface area (TPSA) is 108 Å². The van der Waals surface area contributed by atoms with E-state index in [2.05, 4.69) is 9.47 Å². The number of anilines is 1. The minimum atomic E-state index is -5.07. The van der Waals surface area contributed by atoms with Crippen LogP contribution in [0.1, 0.15) is 5.56 Å². The van der Waals surface area contributed by atoms with Crippen molar-refractivity contribution in [2.24, 2.45) is 0 Å². The minimum absolute atomic E-state index is 0.0411. The number of hydrogen-bond donors (Lipinski definition) is 0. The van der Waals surface area contributed by atoms with Crippen molar-refractivity contribution in [3.8, 4) is 5.75 Å². The number of allylic oxidation sites excluding steroid dienone is 2. The van der Waals surface area contributed by atoms with E-state index in [9.17, 15) is 32.9 Å². The highest BCUT2D eigenvalue weighted by Crippen LogP contribution is 2.40. The van der Waals surface area contributed by atoms with Gasteiger partial charge in [0.2, 0.25) is 0 Å². The molecule has 0 unspecified atom stereocenters. The first kappa shape index (κ1) is 22.5. The molecule has 0 aromatic heterocycles. The molecule has 1 heterocycles. The molecule has 0 saturated heterocycles.